The van der Waals surface area contributed by atoms with E-state index < -0.39 is 6.03 Å². The van der Waals surface area contributed by atoms with E-state index in [0.717, 1.165) is 0 Å². The molecule has 0 bridgehead atoms. The van der Waals surface area contributed by atoms with Crippen LogP contribution in [-0.4, -0.2) is 23.3 Å². The van der Waals surface area contributed by atoms with Gasteiger partial charge in [-0.05, 0) is 30.3 Å². The SMILES string of the molecule is COc1ccc(NC(=O)Nc2ccc(=O)[nH]n2)cc1. The van der Waals surface area contributed by atoms with Gasteiger partial charge in [0.1, 0.15) is 5.75 Å². The standard InChI is InChI=1S/C12H12N4O3/c1-19-9-4-2-8(3-5-9)13-12(18)14-10-6-7-11(17)16-15-10/h2-7H,1H3,(H,16,17)(H2,13,14,15,18). The highest BCUT2D eigenvalue weighted by Crippen LogP contribution is 2.15. The Morgan fingerprint density at radius 3 is 2.47 bits per heavy atom. The maximum absolute atomic E-state index is 11.6. The van der Waals surface area contributed by atoms with Gasteiger partial charge in [-0.1, -0.05) is 0 Å². The molecule has 0 aliphatic rings. The lowest BCUT2D eigenvalue weighted by atomic mass is 10.3. The molecule has 0 saturated heterocycles. The molecular formula is C12H12N4O3. The quantitative estimate of drug-likeness (QED) is 0.777. The van der Waals surface area contributed by atoms with Crippen molar-refractivity contribution in [3.8, 4) is 5.75 Å². The fourth-order valence-corrected chi connectivity index (χ4v) is 1.37. The molecule has 1 aromatic heterocycles. The van der Waals surface area contributed by atoms with Crippen molar-refractivity contribution in [3.63, 3.8) is 0 Å². The van der Waals surface area contributed by atoms with E-state index in [0.29, 0.717) is 11.4 Å². The Morgan fingerprint density at radius 1 is 1.16 bits per heavy atom. The van der Waals surface area contributed by atoms with E-state index in [2.05, 4.69) is 20.8 Å². The van der Waals surface area contributed by atoms with Crippen molar-refractivity contribution in [2.75, 3.05) is 17.7 Å². The van der Waals surface area contributed by atoms with E-state index >= 15 is 0 Å². The highest BCUT2D eigenvalue weighted by Gasteiger charge is 2.03. The van der Waals surface area contributed by atoms with Gasteiger partial charge in [-0.25, -0.2) is 9.89 Å². The smallest absolute Gasteiger partial charge is 0.324 e. The van der Waals surface area contributed by atoms with E-state index in [9.17, 15) is 9.59 Å². The zero-order valence-electron chi connectivity index (χ0n) is 10.1. The molecule has 0 fully saturated rings. The highest BCUT2D eigenvalue weighted by atomic mass is 16.5. The van der Waals surface area contributed by atoms with E-state index in [4.69, 9.17) is 4.74 Å². The second-order valence-electron chi connectivity index (χ2n) is 3.61. The number of ether oxygens (including phenoxy) is 1. The van der Waals surface area contributed by atoms with Gasteiger partial charge < -0.3 is 10.1 Å². The minimum absolute atomic E-state index is 0.255. The summed E-state index contributed by atoms with van der Waals surface area (Å²) in [6.07, 6.45) is 0. The van der Waals surface area contributed by atoms with Crippen LogP contribution >= 0.6 is 0 Å². The second kappa shape index (κ2) is 5.67. The molecule has 7 heteroatoms. The van der Waals surface area contributed by atoms with Crippen molar-refractivity contribution in [2.45, 2.75) is 0 Å². The normalized spacial score (nSPS) is 9.74. The number of urea groups is 1. The van der Waals surface area contributed by atoms with Crippen LogP contribution in [-0.2, 0) is 0 Å². The van der Waals surface area contributed by atoms with Crippen LogP contribution in [0.25, 0.3) is 0 Å². The summed E-state index contributed by atoms with van der Waals surface area (Å²) in [5.41, 5.74) is 0.281. The molecular weight excluding hydrogens is 248 g/mol. The van der Waals surface area contributed by atoms with Crippen LogP contribution in [0.3, 0.4) is 0 Å². The summed E-state index contributed by atoms with van der Waals surface area (Å²) in [7, 11) is 1.57. The van der Waals surface area contributed by atoms with E-state index in [1.54, 1.807) is 31.4 Å². The lowest BCUT2D eigenvalue weighted by molar-refractivity contribution is 0.262. The van der Waals surface area contributed by atoms with Gasteiger partial charge in [0.15, 0.2) is 5.82 Å². The van der Waals surface area contributed by atoms with E-state index in [1.165, 1.54) is 12.1 Å². The molecule has 1 heterocycles. The maximum Gasteiger partial charge on any atom is 0.324 e. The molecule has 2 rings (SSSR count). The number of methoxy groups -OCH3 is 1. The third-order valence-corrected chi connectivity index (χ3v) is 2.27. The Morgan fingerprint density at radius 2 is 1.89 bits per heavy atom. The number of carbonyl (C=O) groups is 1. The summed E-state index contributed by atoms with van der Waals surface area (Å²) in [6, 6.07) is 9.10. The van der Waals surface area contributed by atoms with Crippen LogP contribution in [0.4, 0.5) is 16.3 Å². The van der Waals surface area contributed by atoms with Gasteiger partial charge in [0.05, 0.1) is 7.11 Å². The number of anilines is 2. The predicted octanol–water partition coefficient (Wildman–Crippen LogP) is 1.42. The lowest BCUT2D eigenvalue weighted by Crippen LogP contribution is -2.21. The fraction of sp³-hybridized carbons (Fsp3) is 0.0833. The first-order chi connectivity index (χ1) is 9.17. The first-order valence-electron chi connectivity index (χ1n) is 5.45. The van der Waals surface area contributed by atoms with Crippen LogP contribution in [0.2, 0.25) is 0 Å². The molecule has 2 aromatic rings. The van der Waals surface area contributed by atoms with Crippen molar-refractivity contribution in [2.24, 2.45) is 0 Å². The number of carbonyl (C=O) groups excluding carboxylic acids is 1. The number of aromatic nitrogens is 2. The zero-order valence-corrected chi connectivity index (χ0v) is 10.1. The molecule has 3 N–H and O–H groups in total. The highest BCUT2D eigenvalue weighted by molar-refractivity contribution is 5.99. The zero-order chi connectivity index (χ0) is 13.7. The Labute approximate surface area is 108 Å². The minimum Gasteiger partial charge on any atom is -0.497 e. The minimum atomic E-state index is -0.454. The number of hydrogen-bond acceptors (Lipinski definition) is 4. The summed E-state index contributed by atoms with van der Waals surface area (Å²) in [5.74, 6) is 0.957. The molecule has 7 nitrogen and oxygen atoms in total. The molecule has 0 aliphatic carbocycles. The number of benzene rings is 1. The molecule has 98 valence electrons. The number of rotatable bonds is 3. The second-order valence-corrected chi connectivity index (χ2v) is 3.61. The average molecular weight is 260 g/mol. The number of nitrogens with zero attached hydrogens (tertiary/aromatic N) is 1. The third-order valence-electron chi connectivity index (χ3n) is 2.27. The van der Waals surface area contributed by atoms with Crippen molar-refractivity contribution >= 4 is 17.5 Å². The third kappa shape index (κ3) is 3.56. The summed E-state index contributed by atoms with van der Waals surface area (Å²) in [6.45, 7) is 0. The Balaban J connectivity index is 1.96. The number of hydrogen-bond donors (Lipinski definition) is 3. The molecule has 0 unspecified atom stereocenters. The van der Waals surface area contributed by atoms with Crippen LogP contribution in [0.5, 0.6) is 5.75 Å². The van der Waals surface area contributed by atoms with Gasteiger partial charge in [-0.2, -0.15) is 5.10 Å². The number of amides is 2. The van der Waals surface area contributed by atoms with Crippen molar-refractivity contribution in [1.82, 2.24) is 10.2 Å². The van der Waals surface area contributed by atoms with Gasteiger partial charge in [-0.3, -0.25) is 10.1 Å². The lowest BCUT2D eigenvalue weighted by Gasteiger charge is -2.07. The van der Waals surface area contributed by atoms with E-state index in [1.807, 2.05) is 0 Å². The fourth-order valence-electron chi connectivity index (χ4n) is 1.37. The van der Waals surface area contributed by atoms with Crippen LogP contribution in [0, 0.1) is 0 Å². The van der Waals surface area contributed by atoms with Crippen LogP contribution in [0.1, 0.15) is 0 Å². The van der Waals surface area contributed by atoms with Gasteiger partial charge in [-0.15, -0.1) is 0 Å². The summed E-state index contributed by atoms with van der Waals surface area (Å²) < 4.78 is 5.01. The number of H-pyrrole nitrogens is 1. The Hall–Kier alpha value is -2.83. The molecule has 1 aromatic carbocycles. The molecule has 0 saturated carbocycles. The maximum atomic E-state index is 11.6. The predicted molar refractivity (Wildman–Crippen MR) is 70.5 cm³/mol. The van der Waals surface area contributed by atoms with Crippen molar-refractivity contribution in [1.29, 1.82) is 0 Å². The van der Waals surface area contributed by atoms with Gasteiger partial charge >= 0.3 is 6.03 Å². The first-order valence-corrected chi connectivity index (χ1v) is 5.45. The summed E-state index contributed by atoms with van der Waals surface area (Å²) in [4.78, 5) is 22.4. The molecule has 19 heavy (non-hydrogen) atoms. The van der Waals surface area contributed by atoms with Gasteiger partial charge in [0.25, 0.3) is 5.56 Å². The molecule has 0 atom stereocenters. The van der Waals surface area contributed by atoms with Crippen LogP contribution < -0.4 is 20.9 Å². The van der Waals surface area contributed by atoms with Gasteiger partial charge in [0, 0.05) is 11.8 Å². The van der Waals surface area contributed by atoms with Crippen molar-refractivity contribution < 1.29 is 9.53 Å². The van der Waals surface area contributed by atoms with Crippen molar-refractivity contribution in [3.05, 3.63) is 46.8 Å². The largest absolute Gasteiger partial charge is 0.497 e. The molecule has 0 radical (unpaired) electrons. The summed E-state index contributed by atoms with van der Waals surface area (Å²) in [5, 5.41) is 11.0. The Bertz CT molecular complexity index is 601. The van der Waals surface area contributed by atoms with E-state index in [-0.39, 0.29) is 11.4 Å². The Kier molecular flexibility index (Phi) is 3.77. The molecule has 2 amide bonds. The first kappa shape index (κ1) is 12.6. The number of nitrogens with one attached hydrogen (secondary N) is 3. The monoisotopic (exact) mass is 260 g/mol. The molecule has 0 spiro atoms. The summed E-state index contributed by atoms with van der Waals surface area (Å²) >= 11 is 0. The van der Waals surface area contributed by atoms with Gasteiger partial charge in [0.2, 0.25) is 0 Å². The average Bonchev–Trinajstić information content (AvgIpc) is 2.42. The van der Waals surface area contributed by atoms with Crippen LogP contribution in [0.15, 0.2) is 41.2 Å². The molecule has 0 aliphatic heterocycles. The topological polar surface area (TPSA) is 96.1 Å². The number of aromatic amines is 1.